The average Bonchev–Trinajstić information content (AvgIpc) is 3.40. The van der Waals surface area contributed by atoms with Gasteiger partial charge in [0.05, 0.1) is 7.11 Å². The first-order chi connectivity index (χ1) is 18.5. The highest BCUT2D eigenvalue weighted by molar-refractivity contribution is 7.15. The van der Waals surface area contributed by atoms with E-state index in [1.165, 1.54) is 36.7 Å². The monoisotopic (exact) mass is 532 g/mol. The maximum absolute atomic E-state index is 12.8. The van der Waals surface area contributed by atoms with Crippen LogP contribution in [0.15, 0.2) is 42.0 Å². The van der Waals surface area contributed by atoms with E-state index < -0.39 is 5.91 Å². The molecular weight excluding hydrogens is 500 g/mol. The molecule has 1 aromatic heterocycles. The number of amides is 1. The number of aromatic nitrogens is 2. The first-order valence-corrected chi connectivity index (χ1v) is 13.6. The van der Waals surface area contributed by atoms with Crippen molar-refractivity contribution < 1.29 is 19.0 Å². The molecule has 0 spiro atoms. The van der Waals surface area contributed by atoms with Gasteiger partial charge in [-0.3, -0.25) is 10.1 Å². The molecule has 3 aromatic rings. The smallest absolute Gasteiger partial charge is 0.268 e. The summed E-state index contributed by atoms with van der Waals surface area (Å²) in [6.45, 7) is 4.73. The van der Waals surface area contributed by atoms with Gasteiger partial charge in [-0.05, 0) is 61.6 Å². The standard InChI is InChI=1S/C29H32N4O4S/c1-19-8-7-9-20(2)26(19)37-15-14-36-24-13-12-21(17-25(24)35-3)16-23(18-30)27(34)31-29-33-32-28(38-29)22-10-5-4-6-11-22/h7-9,12-13,16-17,22H,4-6,10-11,14-15H2,1-3H3,(H,31,33,34)/b23-16-. The van der Waals surface area contributed by atoms with Gasteiger partial charge in [-0.15, -0.1) is 10.2 Å². The number of aryl methyl sites for hydroxylation is 2. The predicted octanol–water partition coefficient (Wildman–Crippen LogP) is 6.21. The molecule has 0 atom stereocenters. The summed E-state index contributed by atoms with van der Waals surface area (Å²) in [5.74, 6) is 1.78. The van der Waals surface area contributed by atoms with Crippen LogP contribution >= 0.6 is 11.3 Å². The van der Waals surface area contributed by atoms with Gasteiger partial charge < -0.3 is 14.2 Å². The highest BCUT2D eigenvalue weighted by Crippen LogP contribution is 2.35. The highest BCUT2D eigenvalue weighted by Gasteiger charge is 2.21. The molecule has 0 aliphatic heterocycles. The molecule has 1 N–H and O–H groups in total. The molecule has 2 aromatic carbocycles. The van der Waals surface area contributed by atoms with Gasteiger partial charge in [0.15, 0.2) is 11.5 Å². The number of carbonyl (C=O) groups is 1. The second-order valence-electron chi connectivity index (χ2n) is 9.23. The molecule has 8 nitrogen and oxygen atoms in total. The molecule has 1 amide bonds. The summed E-state index contributed by atoms with van der Waals surface area (Å²) in [5, 5.41) is 22.1. The fourth-order valence-electron chi connectivity index (χ4n) is 4.49. The quantitative estimate of drug-likeness (QED) is 0.188. The summed E-state index contributed by atoms with van der Waals surface area (Å²) in [5.41, 5.74) is 2.74. The first kappa shape index (κ1) is 27.1. The topological polar surface area (TPSA) is 106 Å². The minimum atomic E-state index is -0.526. The van der Waals surface area contributed by atoms with E-state index in [-0.39, 0.29) is 5.57 Å². The average molecular weight is 533 g/mol. The molecule has 0 saturated heterocycles. The Morgan fingerprint density at radius 1 is 1.08 bits per heavy atom. The lowest BCUT2D eigenvalue weighted by atomic mass is 9.90. The Hall–Kier alpha value is -3.90. The number of anilines is 1. The van der Waals surface area contributed by atoms with E-state index in [9.17, 15) is 10.1 Å². The molecule has 1 aliphatic carbocycles. The molecule has 1 fully saturated rings. The number of para-hydroxylation sites is 1. The molecule has 4 rings (SSSR count). The van der Waals surface area contributed by atoms with Gasteiger partial charge >= 0.3 is 0 Å². The summed E-state index contributed by atoms with van der Waals surface area (Å²) < 4.78 is 17.2. The Morgan fingerprint density at radius 3 is 2.53 bits per heavy atom. The molecule has 1 saturated carbocycles. The van der Waals surface area contributed by atoms with Crippen LogP contribution in [0.4, 0.5) is 5.13 Å². The van der Waals surface area contributed by atoms with Crippen molar-refractivity contribution in [1.29, 1.82) is 5.26 Å². The van der Waals surface area contributed by atoms with Crippen molar-refractivity contribution in [3.8, 4) is 23.3 Å². The number of ether oxygens (including phenoxy) is 3. The molecule has 38 heavy (non-hydrogen) atoms. The van der Waals surface area contributed by atoms with Crippen LogP contribution in [-0.4, -0.2) is 36.4 Å². The van der Waals surface area contributed by atoms with E-state index in [2.05, 4.69) is 15.5 Å². The Labute approximate surface area is 227 Å². The van der Waals surface area contributed by atoms with Crippen molar-refractivity contribution >= 4 is 28.5 Å². The zero-order valence-electron chi connectivity index (χ0n) is 22.0. The second-order valence-corrected chi connectivity index (χ2v) is 10.2. The Kier molecular flexibility index (Phi) is 9.33. The minimum absolute atomic E-state index is 0.0443. The van der Waals surface area contributed by atoms with E-state index in [1.54, 1.807) is 25.3 Å². The lowest BCUT2D eigenvalue weighted by molar-refractivity contribution is -0.112. The summed E-state index contributed by atoms with van der Waals surface area (Å²) in [7, 11) is 1.54. The maximum atomic E-state index is 12.8. The molecule has 198 valence electrons. The fraction of sp³-hybridized carbons (Fsp3) is 0.379. The SMILES string of the molecule is COc1cc(/C=C(/C#N)C(=O)Nc2nnc(C3CCCCC3)s2)ccc1OCCOc1c(C)cccc1C. The second kappa shape index (κ2) is 13.1. The Morgan fingerprint density at radius 2 is 1.82 bits per heavy atom. The number of hydrogen-bond acceptors (Lipinski definition) is 8. The Balaban J connectivity index is 1.36. The third-order valence-electron chi connectivity index (χ3n) is 6.48. The molecule has 9 heteroatoms. The minimum Gasteiger partial charge on any atom is -0.493 e. The van der Waals surface area contributed by atoms with Crippen LogP contribution in [0, 0.1) is 25.2 Å². The number of nitriles is 1. The van der Waals surface area contributed by atoms with Crippen LogP contribution in [-0.2, 0) is 4.79 Å². The molecule has 0 bridgehead atoms. The van der Waals surface area contributed by atoms with Crippen LogP contribution < -0.4 is 19.5 Å². The zero-order chi connectivity index (χ0) is 26.9. The van der Waals surface area contributed by atoms with Gasteiger partial charge in [0, 0.05) is 5.92 Å². The van der Waals surface area contributed by atoms with Crippen LogP contribution in [0.25, 0.3) is 6.08 Å². The van der Waals surface area contributed by atoms with Crippen molar-refractivity contribution in [3.63, 3.8) is 0 Å². The fourth-order valence-corrected chi connectivity index (χ4v) is 5.40. The highest BCUT2D eigenvalue weighted by atomic mass is 32.1. The van der Waals surface area contributed by atoms with Gasteiger partial charge in [-0.2, -0.15) is 5.26 Å². The molecule has 0 radical (unpaired) electrons. The number of hydrogen-bond donors (Lipinski definition) is 1. The molecule has 1 aliphatic rings. The number of nitrogens with one attached hydrogen (secondary N) is 1. The van der Waals surface area contributed by atoms with E-state index in [1.807, 2.05) is 38.1 Å². The third-order valence-corrected chi connectivity index (χ3v) is 7.48. The zero-order valence-corrected chi connectivity index (χ0v) is 22.8. The van der Waals surface area contributed by atoms with Crippen LogP contribution in [0.3, 0.4) is 0 Å². The van der Waals surface area contributed by atoms with Gasteiger partial charge in [-0.25, -0.2) is 0 Å². The van der Waals surface area contributed by atoms with E-state index in [0.717, 1.165) is 34.7 Å². The molecular formula is C29H32N4O4S. The van der Waals surface area contributed by atoms with Gasteiger partial charge in [0.2, 0.25) is 5.13 Å². The molecule has 0 unspecified atom stereocenters. The van der Waals surface area contributed by atoms with Crippen LogP contribution in [0.2, 0.25) is 0 Å². The number of rotatable bonds is 10. The maximum Gasteiger partial charge on any atom is 0.268 e. The van der Waals surface area contributed by atoms with Gasteiger partial charge in [0.1, 0.15) is 35.6 Å². The van der Waals surface area contributed by atoms with Crippen molar-refractivity contribution in [1.82, 2.24) is 10.2 Å². The van der Waals surface area contributed by atoms with Crippen LogP contribution in [0.1, 0.15) is 59.7 Å². The molecule has 1 heterocycles. The number of carbonyl (C=O) groups excluding carboxylic acids is 1. The predicted molar refractivity (Wildman–Crippen MR) is 148 cm³/mol. The van der Waals surface area contributed by atoms with E-state index >= 15 is 0 Å². The first-order valence-electron chi connectivity index (χ1n) is 12.7. The lowest BCUT2D eigenvalue weighted by Crippen LogP contribution is -2.13. The van der Waals surface area contributed by atoms with Crippen molar-refractivity contribution in [2.24, 2.45) is 0 Å². The van der Waals surface area contributed by atoms with Gasteiger partial charge in [0.25, 0.3) is 5.91 Å². The number of benzene rings is 2. The summed E-state index contributed by atoms with van der Waals surface area (Å²) >= 11 is 1.38. The normalized spacial score (nSPS) is 14.0. The van der Waals surface area contributed by atoms with Crippen molar-refractivity contribution in [3.05, 3.63) is 63.7 Å². The van der Waals surface area contributed by atoms with Crippen LogP contribution in [0.5, 0.6) is 17.2 Å². The summed E-state index contributed by atoms with van der Waals surface area (Å²) in [6, 6.07) is 13.2. The number of methoxy groups -OCH3 is 1. The third kappa shape index (κ3) is 6.90. The Bertz CT molecular complexity index is 1320. The lowest BCUT2D eigenvalue weighted by Gasteiger charge is -2.18. The van der Waals surface area contributed by atoms with Crippen molar-refractivity contribution in [2.75, 3.05) is 25.6 Å². The number of nitrogens with zero attached hydrogens (tertiary/aromatic N) is 3. The summed E-state index contributed by atoms with van der Waals surface area (Å²) in [4.78, 5) is 12.8. The van der Waals surface area contributed by atoms with Gasteiger partial charge in [-0.1, -0.05) is 54.9 Å². The van der Waals surface area contributed by atoms with Crippen molar-refractivity contribution in [2.45, 2.75) is 51.9 Å². The van der Waals surface area contributed by atoms with E-state index in [4.69, 9.17) is 14.2 Å². The van der Waals surface area contributed by atoms with E-state index in [0.29, 0.717) is 41.3 Å². The largest absolute Gasteiger partial charge is 0.493 e. The summed E-state index contributed by atoms with van der Waals surface area (Å²) in [6.07, 6.45) is 7.37.